The molecule has 2 unspecified atom stereocenters. The Hall–Kier alpha value is -0.570. The summed E-state index contributed by atoms with van der Waals surface area (Å²) in [5.74, 6) is -0.701. The molecule has 3 nitrogen and oxygen atoms in total. The van der Waals surface area contributed by atoms with Crippen LogP contribution in [0.25, 0.3) is 0 Å². The Balaban J connectivity index is 2.66. The van der Waals surface area contributed by atoms with E-state index in [-0.39, 0.29) is 0 Å². The van der Waals surface area contributed by atoms with E-state index in [4.69, 9.17) is 5.11 Å². The number of carbonyl (C=O) groups is 1. The summed E-state index contributed by atoms with van der Waals surface area (Å²) < 4.78 is 0. The van der Waals surface area contributed by atoms with Crippen LogP contribution >= 0.6 is 0 Å². The van der Waals surface area contributed by atoms with Gasteiger partial charge in [-0.15, -0.1) is 0 Å². The Morgan fingerprint density at radius 3 is 2.20 bits per heavy atom. The summed E-state index contributed by atoms with van der Waals surface area (Å²) in [7, 11) is 0. The summed E-state index contributed by atoms with van der Waals surface area (Å²) >= 11 is 0. The molecule has 15 heavy (non-hydrogen) atoms. The molecule has 2 atom stereocenters. The monoisotopic (exact) mass is 213 g/mol. The number of aliphatic carboxylic acids is 1. The average molecular weight is 213 g/mol. The van der Waals surface area contributed by atoms with Crippen LogP contribution in [0.2, 0.25) is 0 Å². The van der Waals surface area contributed by atoms with Crippen molar-refractivity contribution >= 4 is 5.97 Å². The van der Waals surface area contributed by atoms with Crippen LogP contribution in [0.15, 0.2) is 0 Å². The molecule has 0 bridgehead atoms. The summed E-state index contributed by atoms with van der Waals surface area (Å²) in [5.41, 5.74) is -0.639. The predicted molar refractivity (Wildman–Crippen MR) is 60.9 cm³/mol. The zero-order valence-electron chi connectivity index (χ0n) is 10.3. The van der Waals surface area contributed by atoms with Crippen molar-refractivity contribution in [2.24, 2.45) is 5.41 Å². The van der Waals surface area contributed by atoms with E-state index in [1.54, 1.807) is 0 Å². The number of rotatable bonds is 3. The van der Waals surface area contributed by atoms with E-state index in [1.165, 1.54) is 19.3 Å². The lowest BCUT2D eigenvalue weighted by molar-refractivity contribution is -0.148. The van der Waals surface area contributed by atoms with Crippen molar-refractivity contribution in [1.29, 1.82) is 0 Å². The highest BCUT2D eigenvalue weighted by atomic mass is 16.4. The topological polar surface area (TPSA) is 40.5 Å². The van der Waals surface area contributed by atoms with Crippen LogP contribution in [-0.2, 0) is 4.79 Å². The van der Waals surface area contributed by atoms with Gasteiger partial charge in [0.1, 0.15) is 0 Å². The second-order valence-electron chi connectivity index (χ2n) is 5.49. The van der Waals surface area contributed by atoms with Crippen LogP contribution in [-0.4, -0.2) is 34.6 Å². The number of likely N-dealkylation sites (tertiary alicyclic amines) is 1. The van der Waals surface area contributed by atoms with Gasteiger partial charge >= 0.3 is 5.97 Å². The van der Waals surface area contributed by atoms with E-state index in [1.807, 2.05) is 13.8 Å². The Morgan fingerprint density at radius 1 is 1.33 bits per heavy atom. The molecule has 0 aliphatic carbocycles. The van der Waals surface area contributed by atoms with Crippen LogP contribution in [0.4, 0.5) is 0 Å². The third-order valence-electron chi connectivity index (χ3n) is 3.53. The largest absolute Gasteiger partial charge is 0.481 e. The van der Waals surface area contributed by atoms with Crippen molar-refractivity contribution in [3.63, 3.8) is 0 Å². The van der Waals surface area contributed by atoms with Crippen molar-refractivity contribution in [3.8, 4) is 0 Å². The maximum Gasteiger partial charge on any atom is 0.310 e. The molecule has 1 fully saturated rings. The van der Waals surface area contributed by atoms with E-state index >= 15 is 0 Å². The molecule has 0 spiro atoms. The van der Waals surface area contributed by atoms with Crippen molar-refractivity contribution < 1.29 is 9.90 Å². The number of hydrogen-bond donors (Lipinski definition) is 1. The molecule has 88 valence electrons. The zero-order chi connectivity index (χ0) is 11.6. The summed E-state index contributed by atoms with van der Waals surface area (Å²) in [6.45, 7) is 8.68. The van der Waals surface area contributed by atoms with Gasteiger partial charge in [0, 0.05) is 18.6 Å². The second kappa shape index (κ2) is 4.52. The Bertz CT molecular complexity index is 228. The van der Waals surface area contributed by atoms with Crippen LogP contribution in [0.5, 0.6) is 0 Å². The first-order valence-corrected chi connectivity index (χ1v) is 5.84. The third kappa shape index (κ3) is 2.94. The minimum atomic E-state index is -0.701. The average Bonchev–Trinajstić information content (AvgIpc) is 2.11. The van der Waals surface area contributed by atoms with Crippen LogP contribution in [0, 0.1) is 5.41 Å². The lowest BCUT2D eigenvalue weighted by atomic mass is 9.89. The Morgan fingerprint density at radius 2 is 1.80 bits per heavy atom. The van der Waals surface area contributed by atoms with Gasteiger partial charge in [0.2, 0.25) is 0 Å². The first kappa shape index (κ1) is 12.5. The fourth-order valence-corrected chi connectivity index (χ4v) is 2.31. The minimum absolute atomic E-state index is 0.521. The number of carboxylic acids is 1. The molecule has 0 amide bonds. The molecular formula is C12H23NO2. The first-order chi connectivity index (χ1) is 6.84. The molecule has 0 aromatic heterocycles. The quantitative estimate of drug-likeness (QED) is 0.782. The highest BCUT2D eigenvalue weighted by Crippen LogP contribution is 2.27. The van der Waals surface area contributed by atoms with Crippen molar-refractivity contribution in [2.45, 2.75) is 59.0 Å². The molecule has 1 N–H and O–H groups in total. The molecule has 1 heterocycles. The molecule has 1 aliphatic rings. The molecule has 3 heteroatoms. The number of carboxylic acid groups (broad SMARTS) is 1. The molecule has 0 aromatic carbocycles. The van der Waals surface area contributed by atoms with Gasteiger partial charge in [-0.1, -0.05) is 6.42 Å². The lowest BCUT2D eigenvalue weighted by Crippen LogP contribution is -2.49. The zero-order valence-corrected chi connectivity index (χ0v) is 10.3. The molecule has 0 aromatic rings. The molecule has 0 saturated carbocycles. The SMILES string of the molecule is CC1CCCC(C)N1CC(C)(C)C(=O)O. The van der Waals surface area contributed by atoms with E-state index in [2.05, 4.69) is 18.7 Å². The first-order valence-electron chi connectivity index (χ1n) is 5.84. The van der Waals surface area contributed by atoms with E-state index in [0.717, 1.165) is 0 Å². The van der Waals surface area contributed by atoms with Gasteiger partial charge in [0.25, 0.3) is 0 Å². The summed E-state index contributed by atoms with van der Waals surface area (Å²) in [4.78, 5) is 13.4. The highest BCUT2D eigenvalue weighted by Gasteiger charge is 2.34. The fraction of sp³-hybridized carbons (Fsp3) is 0.917. The second-order valence-corrected chi connectivity index (χ2v) is 5.49. The third-order valence-corrected chi connectivity index (χ3v) is 3.53. The number of hydrogen-bond acceptors (Lipinski definition) is 2. The van der Waals surface area contributed by atoms with Crippen LogP contribution in [0.1, 0.15) is 47.0 Å². The van der Waals surface area contributed by atoms with Crippen LogP contribution in [0.3, 0.4) is 0 Å². The summed E-state index contributed by atoms with van der Waals surface area (Å²) in [6, 6.07) is 1.04. The summed E-state index contributed by atoms with van der Waals surface area (Å²) in [6.07, 6.45) is 3.66. The van der Waals surface area contributed by atoms with Gasteiger partial charge in [0.15, 0.2) is 0 Å². The van der Waals surface area contributed by atoms with E-state index in [9.17, 15) is 4.79 Å². The van der Waals surface area contributed by atoms with Gasteiger partial charge in [-0.3, -0.25) is 9.69 Å². The van der Waals surface area contributed by atoms with Gasteiger partial charge in [-0.05, 0) is 40.5 Å². The maximum atomic E-state index is 11.1. The van der Waals surface area contributed by atoms with E-state index in [0.29, 0.717) is 18.6 Å². The number of piperidine rings is 1. The predicted octanol–water partition coefficient (Wildman–Crippen LogP) is 2.36. The normalized spacial score (nSPS) is 29.1. The maximum absolute atomic E-state index is 11.1. The molecule has 1 aliphatic heterocycles. The lowest BCUT2D eigenvalue weighted by Gasteiger charge is -2.42. The van der Waals surface area contributed by atoms with Gasteiger partial charge in [-0.25, -0.2) is 0 Å². The molecular weight excluding hydrogens is 190 g/mol. The number of nitrogens with zero attached hydrogens (tertiary/aromatic N) is 1. The smallest absolute Gasteiger partial charge is 0.310 e. The van der Waals surface area contributed by atoms with Gasteiger partial charge in [-0.2, -0.15) is 0 Å². The molecule has 0 radical (unpaired) electrons. The van der Waals surface area contributed by atoms with Crippen molar-refractivity contribution in [2.75, 3.05) is 6.54 Å². The van der Waals surface area contributed by atoms with Crippen molar-refractivity contribution in [1.82, 2.24) is 4.90 Å². The molecule has 1 saturated heterocycles. The standard InChI is InChI=1S/C12H23NO2/c1-9-6-5-7-10(2)13(9)8-12(3,4)11(14)15/h9-10H,5-8H2,1-4H3,(H,14,15). The van der Waals surface area contributed by atoms with Crippen LogP contribution < -0.4 is 0 Å². The minimum Gasteiger partial charge on any atom is -0.481 e. The van der Waals surface area contributed by atoms with Crippen molar-refractivity contribution in [3.05, 3.63) is 0 Å². The fourth-order valence-electron chi connectivity index (χ4n) is 2.31. The van der Waals surface area contributed by atoms with Gasteiger partial charge < -0.3 is 5.11 Å². The Labute approximate surface area is 92.5 Å². The van der Waals surface area contributed by atoms with E-state index < -0.39 is 11.4 Å². The highest BCUT2D eigenvalue weighted by molar-refractivity contribution is 5.73. The van der Waals surface area contributed by atoms with Gasteiger partial charge in [0.05, 0.1) is 5.41 Å². The Kier molecular flexibility index (Phi) is 3.77. The summed E-state index contributed by atoms with van der Waals surface area (Å²) in [5, 5.41) is 9.12. The molecule has 1 rings (SSSR count).